The van der Waals surface area contributed by atoms with Gasteiger partial charge >= 0.3 is 0 Å². The van der Waals surface area contributed by atoms with Crippen LogP contribution in [0.1, 0.15) is 22.5 Å². The minimum Gasteiger partial charge on any atom is -0.248 e. The highest BCUT2D eigenvalue weighted by molar-refractivity contribution is 7.98. The number of nitrogens with zero attached hydrogens (tertiary/aromatic N) is 2. The van der Waals surface area contributed by atoms with E-state index in [1.807, 2.05) is 11.8 Å². The van der Waals surface area contributed by atoms with Crippen molar-refractivity contribution in [3.05, 3.63) is 34.6 Å². The molecule has 0 radical (unpaired) electrons. The molecule has 3 rings (SSSR count). The van der Waals surface area contributed by atoms with Crippen LogP contribution in [0.5, 0.6) is 0 Å². The lowest BCUT2D eigenvalue weighted by molar-refractivity contribution is 1.10. The van der Waals surface area contributed by atoms with Crippen molar-refractivity contribution in [2.45, 2.75) is 25.4 Å². The molecule has 0 unspecified atom stereocenters. The van der Waals surface area contributed by atoms with Gasteiger partial charge in [-0.3, -0.25) is 0 Å². The van der Waals surface area contributed by atoms with Crippen molar-refractivity contribution in [1.29, 1.82) is 0 Å². The fourth-order valence-corrected chi connectivity index (χ4v) is 2.81. The molecular weight excluding hydrogens is 204 g/mol. The Bertz CT molecular complexity index is 500. The molecule has 1 aromatic carbocycles. The van der Waals surface area contributed by atoms with E-state index in [4.69, 9.17) is 0 Å². The second kappa shape index (κ2) is 3.20. The largest absolute Gasteiger partial charge is 0.248 e. The molecule has 0 bridgehead atoms. The molecule has 0 aliphatic carbocycles. The van der Waals surface area contributed by atoms with Crippen LogP contribution in [0.3, 0.4) is 0 Å². The third kappa shape index (κ3) is 1.42. The molecule has 1 aliphatic heterocycles. The van der Waals surface area contributed by atoms with Crippen molar-refractivity contribution in [3.63, 3.8) is 0 Å². The summed E-state index contributed by atoms with van der Waals surface area (Å²) in [4.78, 5) is 9.35. The number of rotatable bonds is 0. The molecule has 1 aliphatic rings. The predicted molar refractivity (Wildman–Crippen MR) is 64.0 cm³/mol. The van der Waals surface area contributed by atoms with Gasteiger partial charge in [-0.1, -0.05) is 0 Å². The number of hydrogen-bond acceptors (Lipinski definition) is 3. The zero-order valence-corrected chi connectivity index (χ0v) is 9.69. The highest BCUT2D eigenvalue weighted by atomic mass is 32.2. The van der Waals surface area contributed by atoms with Crippen molar-refractivity contribution in [2.24, 2.45) is 0 Å². The highest BCUT2D eigenvalue weighted by Crippen LogP contribution is 2.29. The lowest BCUT2D eigenvalue weighted by atomic mass is 10.1. The standard InChI is InChI=1S/C12H12N2S/c1-7-3-9-10(4-8(7)2)14-12-6-15-5-11(12)13-9/h3-4H,5-6H2,1-2H3. The van der Waals surface area contributed by atoms with Crippen molar-refractivity contribution in [2.75, 3.05) is 0 Å². The summed E-state index contributed by atoms with van der Waals surface area (Å²) in [5, 5.41) is 0. The second-order valence-electron chi connectivity index (χ2n) is 4.03. The van der Waals surface area contributed by atoms with Crippen molar-refractivity contribution < 1.29 is 0 Å². The topological polar surface area (TPSA) is 25.8 Å². The van der Waals surface area contributed by atoms with Crippen LogP contribution in [-0.2, 0) is 11.5 Å². The van der Waals surface area contributed by atoms with Gasteiger partial charge in [0, 0.05) is 11.5 Å². The molecule has 15 heavy (non-hydrogen) atoms. The first-order valence-electron chi connectivity index (χ1n) is 5.08. The minimum absolute atomic E-state index is 1.02. The van der Waals surface area contributed by atoms with Crippen molar-refractivity contribution in [1.82, 2.24) is 9.97 Å². The Kier molecular flexibility index (Phi) is 1.96. The number of benzene rings is 1. The molecule has 0 amide bonds. The van der Waals surface area contributed by atoms with Gasteiger partial charge in [0.05, 0.1) is 22.4 Å². The van der Waals surface area contributed by atoms with E-state index >= 15 is 0 Å². The van der Waals surface area contributed by atoms with Gasteiger partial charge in [-0.2, -0.15) is 0 Å². The van der Waals surface area contributed by atoms with Crippen molar-refractivity contribution >= 4 is 22.8 Å². The third-order valence-electron chi connectivity index (χ3n) is 2.91. The van der Waals surface area contributed by atoms with Gasteiger partial charge in [0.2, 0.25) is 0 Å². The zero-order chi connectivity index (χ0) is 10.4. The van der Waals surface area contributed by atoms with Gasteiger partial charge in [-0.05, 0) is 37.1 Å². The molecule has 2 aromatic rings. The van der Waals surface area contributed by atoms with E-state index in [9.17, 15) is 0 Å². The van der Waals surface area contributed by atoms with Crippen LogP contribution < -0.4 is 0 Å². The summed E-state index contributed by atoms with van der Waals surface area (Å²) in [6.07, 6.45) is 0. The van der Waals surface area contributed by atoms with E-state index in [0.29, 0.717) is 0 Å². The molecule has 0 saturated carbocycles. The summed E-state index contributed by atoms with van der Waals surface area (Å²) in [7, 11) is 0. The van der Waals surface area contributed by atoms with Gasteiger partial charge in [-0.25, -0.2) is 9.97 Å². The van der Waals surface area contributed by atoms with Gasteiger partial charge < -0.3 is 0 Å². The molecule has 2 nitrogen and oxygen atoms in total. The lowest BCUT2D eigenvalue weighted by Gasteiger charge is -2.04. The maximum Gasteiger partial charge on any atom is 0.0893 e. The molecule has 2 heterocycles. The van der Waals surface area contributed by atoms with Crippen LogP contribution in [0, 0.1) is 13.8 Å². The summed E-state index contributed by atoms with van der Waals surface area (Å²) in [6.45, 7) is 4.25. The second-order valence-corrected chi connectivity index (χ2v) is 5.02. The number of aromatic nitrogens is 2. The highest BCUT2D eigenvalue weighted by Gasteiger charge is 2.15. The summed E-state index contributed by atoms with van der Waals surface area (Å²) < 4.78 is 0. The molecule has 0 atom stereocenters. The number of thioether (sulfide) groups is 1. The Labute approximate surface area is 93.1 Å². The average molecular weight is 216 g/mol. The molecule has 0 N–H and O–H groups in total. The fraction of sp³-hybridized carbons (Fsp3) is 0.333. The van der Waals surface area contributed by atoms with Crippen LogP contribution in [0.25, 0.3) is 11.0 Å². The van der Waals surface area contributed by atoms with Gasteiger partial charge in [0.25, 0.3) is 0 Å². The summed E-state index contributed by atoms with van der Waals surface area (Å²) in [6, 6.07) is 4.28. The predicted octanol–water partition coefficient (Wildman–Crippen LogP) is 2.99. The van der Waals surface area contributed by atoms with E-state index in [1.54, 1.807) is 0 Å². The van der Waals surface area contributed by atoms with E-state index in [1.165, 1.54) is 22.5 Å². The summed E-state index contributed by atoms with van der Waals surface area (Å²) >= 11 is 1.90. The molecule has 3 heteroatoms. The van der Waals surface area contributed by atoms with Crippen LogP contribution in [0.15, 0.2) is 12.1 Å². The molecular formula is C12H12N2S. The van der Waals surface area contributed by atoms with Crippen LogP contribution in [0.2, 0.25) is 0 Å². The fourth-order valence-electron chi connectivity index (χ4n) is 1.86. The first kappa shape index (κ1) is 9.16. The quantitative estimate of drug-likeness (QED) is 0.677. The minimum atomic E-state index is 1.02. The van der Waals surface area contributed by atoms with Crippen LogP contribution in [0.4, 0.5) is 0 Å². The Morgan fingerprint density at radius 3 is 1.87 bits per heavy atom. The number of aryl methyl sites for hydroxylation is 2. The maximum atomic E-state index is 4.67. The summed E-state index contributed by atoms with van der Waals surface area (Å²) in [5.41, 5.74) is 7.02. The molecule has 0 fully saturated rings. The zero-order valence-electron chi connectivity index (χ0n) is 8.87. The van der Waals surface area contributed by atoms with Gasteiger partial charge in [0.1, 0.15) is 0 Å². The van der Waals surface area contributed by atoms with Gasteiger partial charge in [0.15, 0.2) is 0 Å². The van der Waals surface area contributed by atoms with Crippen LogP contribution >= 0.6 is 11.8 Å². The summed E-state index contributed by atoms with van der Waals surface area (Å²) in [5.74, 6) is 2.04. The lowest BCUT2D eigenvalue weighted by Crippen LogP contribution is -1.95. The Balaban J connectivity index is 2.34. The Morgan fingerprint density at radius 1 is 0.933 bits per heavy atom. The Hall–Kier alpha value is -1.09. The average Bonchev–Trinajstić information content (AvgIpc) is 2.63. The number of fused-ring (bicyclic) bond motifs is 2. The monoisotopic (exact) mass is 216 g/mol. The maximum absolute atomic E-state index is 4.67. The van der Waals surface area contributed by atoms with E-state index in [0.717, 1.165) is 22.5 Å². The van der Waals surface area contributed by atoms with Crippen LogP contribution in [-0.4, -0.2) is 9.97 Å². The molecule has 1 aromatic heterocycles. The van der Waals surface area contributed by atoms with E-state index < -0.39 is 0 Å². The van der Waals surface area contributed by atoms with Gasteiger partial charge in [-0.15, -0.1) is 11.8 Å². The smallest absolute Gasteiger partial charge is 0.0893 e. The molecule has 76 valence electrons. The molecule has 0 saturated heterocycles. The SMILES string of the molecule is Cc1cc2nc3c(nc2cc1C)CSC3. The first-order valence-corrected chi connectivity index (χ1v) is 6.24. The van der Waals surface area contributed by atoms with Crippen molar-refractivity contribution in [3.8, 4) is 0 Å². The van der Waals surface area contributed by atoms with E-state index in [-0.39, 0.29) is 0 Å². The molecule has 0 spiro atoms. The first-order chi connectivity index (χ1) is 7.24. The Morgan fingerprint density at radius 2 is 1.40 bits per heavy atom. The normalized spacial score (nSPS) is 14.5. The van der Waals surface area contributed by atoms with E-state index in [2.05, 4.69) is 35.9 Å². The third-order valence-corrected chi connectivity index (χ3v) is 3.87. The number of hydrogen-bond donors (Lipinski definition) is 0.